The molecule has 5 aliphatic rings. The first kappa shape index (κ1) is 30.2. The van der Waals surface area contributed by atoms with Gasteiger partial charge in [-0.3, -0.25) is 4.79 Å². The molecule has 10 atom stereocenters. The van der Waals surface area contributed by atoms with Crippen LogP contribution in [0.3, 0.4) is 0 Å². The number of ether oxygens (including phenoxy) is 4. The fraction of sp³-hybridized carbons (Fsp3) is 0.688. The van der Waals surface area contributed by atoms with Gasteiger partial charge in [-0.05, 0) is 55.7 Å². The van der Waals surface area contributed by atoms with Crippen LogP contribution in [0.15, 0.2) is 52.3 Å². The van der Waals surface area contributed by atoms with E-state index in [0.29, 0.717) is 42.7 Å². The Morgan fingerprint density at radius 3 is 2.68 bits per heavy atom. The molecule has 4 heterocycles. The highest BCUT2D eigenvalue weighted by atomic mass is 16.7. The number of allylic oxidation sites excluding steroid dienone is 2. The van der Waals surface area contributed by atoms with E-state index in [4.69, 9.17) is 18.9 Å². The molecule has 226 valence electrons. The SMILES string of the molecule is CC[C@H]1O[C@]2(CC[C@@H]1C)C[C@@H]1C[C@@H](C/C=C(\C)[C@H](O)[C@@H](C)/C=C/C=C3\CO[C@@H]4/C(=N\O)C(C)=C[C@@H](C(=O)O1)[C@]34O)O2. The molecule has 0 aromatic carbocycles. The van der Waals surface area contributed by atoms with Crippen molar-refractivity contribution in [3.8, 4) is 0 Å². The monoisotopic (exact) mass is 571 g/mol. The minimum atomic E-state index is -1.79. The average Bonchev–Trinajstić information content (AvgIpc) is 3.28. The average molecular weight is 572 g/mol. The second-order valence-corrected chi connectivity index (χ2v) is 12.6. The van der Waals surface area contributed by atoms with Gasteiger partial charge < -0.3 is 34.4 Å². The van der Waals surface area contributed by atoms with Gasteiger partial charge in [-0.2, -0.15) is 0 Å². The topological polar surface area (TPSA) is 127 Å². The van der Waals surface area contributed by atoms with Crippen LogP contribution in [0.2, 0.25) is 0 Å². The molecule has 0 radical (unpaired) electrons. The van der Waals surface area contributed by atoms with Gasteiger partial charge in [0.05, 0.1) is 24.9 Å². The lowest BCUT2D eigenvalue weighted by atomic mass is 9.71. The molecule has 1 spiro atoms. The van der Waals surface area contributed by atoms with Crippen LogP contribution in [0, 0.1) is 17.8 Å². The van der Waals surface area contributed by atoms with Gasteiger partial charge in [-0.15, -0.1) is 0 Å². The lowest BCUT2D eigenvalue weighted by molar-refractivity contribution is -0.335. The lowest BCUT2D eigenvalue weighted by Crippen LogP contribution is -2.57. The third kappa shape index (κ3) is 5.59. The molecule has 1 aliphatic carbocycles. The minimum Gasteiger partial charge on any atom is -0.462 e. The number of aliphatic hydroxyl groups is 2. The van der Waals surface area contributed by atoms with E-state index in [1.807, 2.05) is 26.0 Å². The van der Waals surface area contributed by atoms with Crippen LogP contribution in [0.1, 0.15) is 73.1 Å². The van der Waals surface area contributed by atoms with E-state index < -0.39 is 41.6 Å². The molecule has 3 saturated heterocycles. The van der Waals surface area contributed by atoms with E-state index in [0.717, 1.165) is 18.4 Å². The van der Waals surface area contributed by atoms with Gasteiger partial charge in [0.2, 0.25) is 0 Å². The quantitative estimate of drug-likeness (QED) is 0.183. The van der Waals surface area contributed by atoms with E-state index in [2.05, 4.69) is 19.0 Å². The molecule has 0 unspecified atom stereocenters. The summed E-state index contributed by atoms with van der Waals surface area (Å²) in [6, 6.07) is 0. The Kier molecular flexibility index (Phi) is 8.66. The highest BCUT2D eigenvalue weighted by Gasteiger charge is 2.59. The second-order valence-electron chi connectivity index (χ2n) is 12.6. The van der Waals surface area contributed by atoms with Crippen LogP contribution in [-0.2, 0) is 23.7 Å². The van der Waals surface area contributed by atoms with Crippen molar-refractivity contribution < 1.29 is 39.2 Å². The van der Waals surface area contributed by atoms with Crippen molar-refractivity contribution in [2.24, 2.45) is 22.9 Å². The molecular weight excluding hydrogens is 526 g/mol. The molecule has 0 amide bonds. The second kappa shape index (κ2) is 11.8. The summed E-state index contributed by atoms with van der Waals surface area (Å²) in [6.45, 7) is 9.92. The third-order valence-corrected chi connectivity index (χ3v) is 9.72. The fourth-order valence-corrected chi connectivity index (χ4v) is 7.17. The Labute approximate surface area is 242 Å². The van der Waals surface area contributed by atoms with Crippen LogP contribution >= 0.6 is 0 Å². The fourth-order valence-electron chi connectivity index (χ4n) is 7.17. The summed E-state index contributed by atoms with van der Waals surface area (Å²) in [4.78, 5) is 13.9. The zero-order valence-corrected chi connectivity index (χ0v) is 24.8. The number of fused-ring (bicyclic) bond motifs is 2. The summed E-state index contributed by atoms with van der Waals surface area (Å²) in [7, 11) is 0. The van der Waals surface area contributed by atoms with Gasteiger partial charge in [0.15, 0.2) is 5.79 Å². The number of aliphatic hydroxyl groups excluding tert-OH is 1. The number of esters is 1. The molecule has 0 aromatic heterocycles. The molecular formula is C32H45NO8. The number of hydrogen-bond acceptors (Lipinski definition) is 9. The summed E-state index contributed by atoms with van der Waals surface area (Å²) in [5.41, 5.74) is 0.253. The molecule has 2 bridgehead atoms. The van der Waals surface area contributed by atoms with E-state index in [9.17, 15) is 20.2 Å². The molecule has 3 N–H and O–H groups in total. The predicted molar refractivity (Wildman–Crippen MR) is 152 cm³/mol. The number of nitrogens with zero attached hydrogens (tertiary/aromatic N) is 1. The summed E-state index contributed by atoms with van der Waals surface area (Å²) in [5, 5.41) is 36.3. The van der Waals surface area contributed by atoms with Gasteiger partial charge in [0.1, 0.15) is 29.4 Å². The Balaban J connectivity index is 1.55. The lowest BCUT2D eigenvalue weighted by Gasteiger charge is -2.49. The molecule has 0 aromatic rings. The van der Waals surface area contributed by atoms with Crippen LogP contribution in [-0.4, -0.2) is 75.6 Å². The van der Waals surface area contributed by atoms with E-state index in [-0.39, 0.29) is 30.4 Å². The molecule has 9 nitrogen and oxygen atoms in total. The van der Waals surface area contributed by atoms with Gasteiger partial charge in [-0.1, -0.05) is 56.3 Å². The van der Waals surface area contributed by atoms with Crippen LogP contribution < -0.4 is 0 Å². The number of rotatable bonds is 1. The van der Waals surface area contributed by atoms with Crippen molar-refractivity contribution in [2.45, 2.75) is 115 Å². The first-order valence-corrected chi connectivity index (χ1v) is 15.0. The maximum Gasteiger partial charge on any atom is 0.316 e. The molecule has 3 fully saturated rings. The summed E-state index contributed by atoms with van der Waals surface area (Å²) in [6.07, 6.45) is 10.5. The maximum atomic E-state index is 13.9. The van der Waals surface area contributed by atoms with E-state index in [1.165, 1.54) is 0 Å². The number of carbonyl (C=O) groups is 1. The zero-order chi connectivity index (χ0) is 29.5. The number of oxime groups is 1. The largest absolute Gasteiger partial charge is 0.462 e. The molecule has 0 saturated carbocycles. The summed E-state index contributed by atoms with van der Waals surface area (Å²) in [5.74, 6) is -2.28. The van der Waals surface area contributed by atoms with E-state index >= 15 is 0 Å². The smallest absolute Gasteiger partial charge is 0.316 e. The Morgan fingerprint density at radius 1 is 1.17 bits per heavy atom. The van der Waals surface area contributed by atoms with Gasteiger partial charge in [0.25, 0.3) is 0 Å². The molecule has 5 rings (SSSR count). The molecule has 9 heteroatoms. The Bertz CT molecular complexity index is 1170. The highest BCUT2D eigenvalue weighted by Crippen LogP contribution is 2.46. The maximum absolute atomic E-state index is 13.9. The van der Waals surface area contributed by atoms with Gasteiger partial charge in [0, 0.05) is 25.2 Å². The normalized spacial score (nSPS) is 47.9. The van der Waals surface area contributed by atoms with Crippen molar-refractivity contribution in [1.82, 2.24) is 0 Å². The van der Waals surface area contributed by atoms with Crippen molar-refractivity contribution >= 4 is 11.7 Å². The standard InChI is InChI=1S/C32H45NO8/c1-6-26-18(2)12-13-31(41-26)16-24-15-23(40-31)11-10-20(4)28(34)19(3)8-7-9-22-17-38-29-27(33-37)21(5)14-25(30(35)39-24)32(22,29)36/h7-10,14,18-19,23-26,28-29,34,36-37H,6,11-13,15-17H2,1-5H3/b8-7+,20-10+,22-9+,33-27-/t18-,19-,23+,24-,25-,26+,28+,29+,31+,32+/m0/s1. The van der Waals surface area contributed by atoms with Crippen molar-refractivity contribution in [1.29, 1.82) is 0 Å². The van der Waals surface area contributed by atoms with Crippen LogP contribution in [0.5, 0.6) is 0 Å². The van der Waals surface area contributed by atoms with Crippen molar-refractivity contribution in [3.05, 3.63) is 47.1 Å². The molecule has 41 heavy (non-hydrogen) atoms. The third-order valence-electron chi connectivity index (χ3n) is 9.72. The number of hydrogen-bond donors (Lipinski definition) is 3. The van der Waals surface area contributed by atoms with Gasteiger partial charge in [-0.25, -0.2) is 0 Å². The van der Waals surface area contributed by atoms with E-state index in [1.54, 1.807) is 25.2 Å². The Hall–Kier alpha value is -2.30. The van der Waals surface area contributed by atoms with Gasteiger partial charge >= 0.3 is 5.97 Å². The van der Waals surface area contributed by atoms with Crippen LogP contribution in [0.4, 0.5) is 0 Å². The van der Waals surface area contributed by atoms with Crippen molar-refractivity contribution in [2.75, 3.05) is 6.61 Å². The van der Waals surface area contributed by atoms with Crippen LogP contribution in [0.25, 0.3) is 0 Å². The number of carbonyl (C=O) groups excluding carboxylic acids is 1. The molecule has 4 aliphatic heterocycles. The first-order valence-electron chi connectivity index (χ1n) is 15.0. The summed E-state index contributed by atoms with van der Waals surface area (Å²) < 4.78 is 25.4. The zero-order valence-electron chi connectivity index (χ0n) is 24.8. The Morgan fingerprint density at radius 2 is 1.95 bits per heavy atom. The minimum absolute atomic E-state index is 0.0494. The summed E-state index contributed by atoms with van der Waals surface area (Å²) >= 11 is 0. The van der Waals surface area contributed by atoms with Crippen molar-refractivity contribution in [3.63, 3.8) is 0 Å². The first-order chi connectivity index (χ1) is 19.5. The highest BCUT2D eigenvalue weighted by molar-refractivity contribution is 6.06. The predicted octanol–water partition coefficient (Wildman–Crippen LogP) is 4.36.